The van der Waals surface area contributed by atoms with Gasteiger partial charge in [0.1, 0.15) is 0 Å². The fourth-order valence-corrected chi connectivity index (χ4v) is 7.38. The second-order valence-electron chi connectivity index (χ2n) is 12.1. The topological polar surface area (TPSA) is 0 Å². The Balaban J connectivity index is 1.21. The molecule has 0 saturated heterocycles. The van der Waals surface area contributed by atoms with Crippen LogP contribution in [0, 0.1) is 13.8 Å². The summed E-state index contributed by atoms with van der Waals surface area (Å²) >= 11 is 0. The van der Waals surface area contributed by atoms with Gasteiger partial charge in [0.05, 0.1) is 0 Å². The van der Waals surface area contributed by atoms with E-state index in [4.69, 9.17) is 0 Å². The van der Waals surface area contributed by atoms with Gasteiger partial charge in [0.2, 0.25) is 0 Å². The molecule has 0 fully saturated rings. The smallest absolute Gasteiger partial charge is 0.0215 e. The Kier molecular flexibility index (Phi) is 5.61. The molecule has 0 amide bonds. The fourth-order valence-electron chi connectivity index (χ4n) is 7.38. The molecule has 0 heteroatoms. The summed E-state index contributed by atoms with van der Waals surface area (Å²) in [5, 5.41) is 0. The highest BCUT2D eigenvalue weighted by atomic mass is 14.4. The van der Waals surface area contributed by atoms with E-state index in [1.165, 1.54) is 97.6 Å². The van der Waals surface area contributed by atoms with E-state index in [-0.39, 0.29) is 5.41 Å². The van der Waals surface area contributed by atoms with Crippen LogP contribution in [0.2, 0.25) is 0 Å². The zero-order valence-corrected chi connectivity index (χ0v) is 22.5. The van der Waals surface area contributed by atoms with Crippen molar-refractivity contribution in [3.63, 3.8) is 0 Å². The van der Waals surface area contributed by atoms with E-state index in [1.54, 1.807) is 33.4 Å². The molecule has 0 aromatic heterocycles. The highest BCUT2D eigenvalue weighted by molar-refractivity contribution is 5.81. The summed E-state index contributed by atoms with van der Waals surface area (Å²) in [6.07, 6.45) is 12.4. The van der Waals surface area contributed by atoms with Gasteiger partial charge in [0, 0.05) is 5.41 Å². The lowest BCUT2D eigenvalue weighted by molar-refractivity contribution is 0.418. The second kappa shape index (κ2) is 9.02. The van der Waals surface area contributed by atoms with Gasteiger partial charge >= 0.3 is 0 Å². The quantitative estimate of drug-likeness (QED) is 0.235. The maximum Gasteiger partial charge on any atom is 0.0215 e. The first kappa shape index (κ1) is 23.0. The van der Waals surface area contributed by atoms with Crippen LogP contribution in [0.15, 0.2) is 72.8 Å². The molecule has 0 nitrogen and oxygen atoms in total. The van der Waals surface area contributed by atoms with Gasteiger partial charge in [-0.2, -0.15) is 0 Å². The summed E-state index contributed by atoms with van der Waals surface area (Å²) in [5.41, 5.74) is 18.4. The summed E-state index contributed by atoms with van der Waals surface area (Å²) in [7, 11) is 0. The number of hydrogen-bond acceptors (Lipinski definition) is 0. The molecule has 0 unspecified atom stereocenters. The average Bonchev–Trinajstić information content (AvgIpc) is 3.11. The Hall–Kier alpha value is -3.12. The van der Waals surface area contributed by atoms with Gasteiger partial charge in [-0.15, -0.1) is 0 Å². The van der Waals surface area contributed by atoms with Crippen LogP contribution in [-0.2, 0) is 43.9 Å². The summed E-state index contributed by atoms with van der Waals surface area (Å²) in [6.45, 7) is 4.53. The minimum absolute atomic E-state index is 0.113. The lowest BCUT2D eigenvalue weighted by Crippen LogP contribution is -2.26. The number of fused-ring (bicyclic) bond motifs is 5. The molecule has 4 aromatic carbocycles. The minimum Gasteiger partial charge on any atom is -0.0588 e. The van der Waals surface area contributed by atoms with Crippen LogP contribution in [0.5, 0.6) is 0 Å². The van der Waals surface area contributed by atoms with Gasteiger partial charge in [0.25, 0.3) is 0 Å². The molecule has 0 radical (unpaired) electrons. The molecule has 0 aliphatic heterocycles. The number of benzene rings is 4. The molecular weight excluding hydrogens is 444 g/mol. The van der Waals surface area contributed by atoms with E-state index in [9.17, 15) is 0 Å². The van der Waals surface area contributed by atoms with Gasteiger partial charge in [-0.05, 0) is 134 Å². The zero-order chi connectivity index (χ0) is 25.0. The van der Waals surface area contributed by atoms with Crippen molar-refractivity contribution < 1.29 is 0 Å². The van der Waals surface area contributed by atoms with Gasteiger partial charge in [-0.1, -0.05) is 83.9 Å². The van der Waals surface area contributed by atoms with Crippen molar-refractivity contribution in [2.24, 2.45) is 0 Å². The average molecular weight is 483 g/mol. The zero-order valence-electron chi connectivity index (χ0n) is 22.5. The van der Waals surface area contributed by atoms with E-state index in [1.807, 2.05) is 0 Å². The van der Waals surface area contributed by atoms with Crippen LogP contribution in [0.4, 0.5) is 0 Å². The molecule has 4 aromatic rings. The molecule has 3 aliphatic rings. The molecular formula is C37H38. The summed E-state index contributed by atoms with van der Waals surface area (Å²) in [6, 6.07) is 29.0. The van der Waals surface area contributed by atoms with E-state index in [0.29, 0.717) is 0 Å². The van der Waals surface area contributed by atoms with Crippen LogP contribution in [-0.4, -0.2) is 0 Å². The SMILES string of the molecule is Cc1ccc2c(c1)C(CCCc1ccc3c(c1)CC3)(CCCc1ccc3c(c1)CC3)c1cc(C)ccc1-2. The number of hydrogen-bond donors (Lipinski definition) is 0. The van der Waals surface area contributed by atoms with Crippen molar-refractivity contribution in [3.8, 4) is 11.1 Å². The highest BCUT2D eigenvalue weighted by Gasteiger charge is 2.42. The van der Waals surface area contributed by atoms with Crippen molar-refractivity contribution in [2.75, 3.05) is 0 Å². The van der Waals surface area contributed by atoms with Gasteiger partial charge in [0.15, 0.2) is 0 Å². The molecule has 0 N–H and O–H groups in total. The van der Waals surface area contributed by atoms with Crippen LogP contribution >= 0.6 is 0 Å². The van der Waals surface area contributed by atoms with Crippen LogP contribution in [0.25, 0.3) is 11.1 Å². The third-order valence-electron chi connectivity index (χ3n) is 9.68. The molecule has 7 rings (SSSR count). The fraction of sp³-hybridized carbons (Fsp3) is 0.351. The van der Waals surface area contributed by atoms with E-state index >= 15 is 0 Å². The van der Waals surface area contributed by atoms with Crippen LogP contribution in [0.1, 0.15) is 81.3 Å². The summed E-state index contributed by atoms with van der Waals surface area (Å²) < 4.78 is 0. The lowest BCUT2D eigenvalue weighted by Gasteiger charge is -2.33. The molecule has 0 atom stereocenters. The Morgan fingerprint density at radius 1 is 0.514 bits per heavy atom. The van der Waals surface area contributed by atoms with Crippen molar-refractivity contribution >= 4 is 0 Å². The molecule has 0 bridgehead atoms. The van der Waals surface area contributed by atoms with Crippen molar-refractivity contribution in [2.45, 2.75) is 83.5 Å². The Morgan fingerprint density at radius 3 is 1.38 bits per heavy atom. The van der Waals surface area contributed by atoms with Crippen LogP contribution in [0.3, 0.4) is 0 Å². The van der Waals surface area contributed by atoms with E-state index in [2.05, 4.69) is 86.6 Å². The molecule has 0 spiro atoms. The Labute approximate surface area is 222 Å². The monoisotopic (exact) mass is 482 g/mol. The van der Waals surface area contributed by atoms with E-state index < -0.39 is 0 Å². The molecule has 37 heavy (non-hydrogen) atoms. The first-order valence-corrected chi connectivity index (χ1v) is 14.5. The Morgan fingerprint density at radius 2 is 0.973 bits per heavy atom. The normalized spacial score (nSPS) is 15.7. The summed E-state index contributed by atoms with van der Waals surface area (Å²) in [5.74, 6) is 0. The molecule has 186 valence electrons. The van der Waals surface area contributed by atoms with Crippen molar-refractivity contribution in [3.05, 3.63) is 128 Å². The van der Waals surface area contributed by atoms with Crippen molar-refractivity contribution in [1.29, 1.82) is 0 Å². The minimum atomic E-state index is 0.113. The Bertz CT molecular complexity index is 1390. The largest absolute Gasteiger partial charge is 0.0588 e. The summed E-state index contributed by atoms with van der Waals surface area (Å²) in [4.78, 5) is 0. The van der Waals surface area contributed by atoms with Gasteiger partial charge in [-0.25, -0.2) is 0 Å². The van der Waals surface area contributed by atoms with Gasteiger partial charge < -0.3 is 0 Å². The third-order valence-corrected chi connectivity index (χ3v) is 9.68. The van der Waals surface area contributed by atoms with E-state index in [0.717, 1.165) is 0 Å². The standard InChI is InChI=1S/C37H38/c1-25-7-17-33-34-18-8-26(2)22-36(34)37(35(33)21-25,19-3-5-27-9-11-29-13-15-31(29)23-27)20-4-6-28-10-12-30-14-16-32(30)24-28/h7-12,17-18,21-24H,3-6,13-16,19-20H2,1-2H3. The second-order valence-corrected chi connectivity index (χ2v) is 12.1. The lowest BCUT2D eigenvalue weighted by atomic mass is 9.70. The molecule has 0 heterocycles. The third kappa shape index (κ3) is 3.97. The van der Waals surface area contributed by atoms with Crippen molar-refractivity contribution in [1.82, 2.24) is 0 Å². The first-order chi connectivity index (χ1) is 18.1. The van der Waals surface area contributed by atoms with Gasteiger partial charge in [-0.3, -0.25) is 0 Å². The van der Waals surface area contributed by atoms with Crippen LogP contribution < -0.4 is 0 Å². The maximum atomic E-state index is 2.52. The predicted molar refractivity (Wildman–Crippen MR) is 156 cm³/mol. The first-order valence-electron chi connectivity index (χ1n) is 14.5. The maximum absolute atomic E-state index is 2.52. The molecule has 3 aliphatic carbocycles. The molecule has 0 saturated carbocycles. The highest BCUT2D eigenvalue weighted by Crippen LogP contribution is 2.54. The number of aryl methyl sites for hydroxylation is 8. The predicted octanol–water partition coefficient (Wildman–Crippen LogP) is 8.81. The number of rotatable bonds is 8.